The summed E-state index contributed by atoms with van der Waals surface area (Å²) in [5.74, 6) is 0.679. The molecule has 3 aromatic carbocycles. The molecule has 0 spiro atoms. The Hall–Kier alpha value is -2.79. The van der Waals surface area contributed by atoms with Crippen molar-refractivity contribution in [2.45, 2.75) is 17.7 Å². The van der Waals surface area contributed by atoms with E-state index in [0.29, 0.717) is 6.42 Å². The zero-order valence-corrected chi connectivity index (χ0v) is 16.7. The molecule has 1 N–H and O–H groups in total. The van der Waals surface area contributed by atoms with Crippen LogP contribution in [0.4, 0.5) is 5.69 Å². The standard InChI is InChI=1S/C23H24N2O2S/c1-25(23(27)15-8-16-28-19-11-3-2-4-12-19)17-22(26)24-21-14-7-10-18-9-5-6-13-20(18)21/h2-7,9-14H,8,15-17H2,1H3,(H,24,26). The maximum atomic E-state index is 12.4. The molecule has 0 unspecified atom stereocenters. The Balaban J connectivity index is 1.45. The van der Waals surface area contributed by atoms with Gasteiger partial charge in [-0.2, -0.15) is 0 Å². The highest BCUT2D eigenvalue weighted by Gasteiger charge is 2.13. The van der Waals surface area contributed by atoms with Gasteiger partial charge in [-0.1, -0.05) is 54.6 Å². The SMILES string of the molecule is CN(CC(=O)Nc1cccc2ccccc12)C(=O)CCCSc1ccccc1. The molecular formula is C23H24N2O2S. The van der Waals surface area contributed by atoms with Gasteiger partial charge in [0.25, 0.3) is 0 Å². The van der Waals surface area contributed by atoms with E-state index in [9.17, 15) is 9.59 Å². The number of carbonyl (C=O) groups is 2. The summed E-state index contributed by atoms with van der Waals surface area (Å²) < 4.78 is 0. The second kappa shape index (κ2) is 9.95. The molecule has 5 heteroatoms. The molecule has 0 atom stereocenters. The number of fused-ring (bicyclic) bond motifs is 1. The van der Waals surface area contributed by atoms with Gasteiger partial charge in [0.1, 0.15) is 0 Å². The van der Waals surface area contributed by atoms with Crippen LogP contribution in [0.25, 0.3) is 10.8 Å². The van der Waals surface area contributed by atoms with Crippen molar-refractivity contribution in [3.8, 4) is 0 Å². The molecule has 2 amide bonds. The van der Waals surface area contributed by atoms with E-state index in [1.807, 2.05) is 60.7 Å². The third-order valence-corrected chi connectivity index (χ3v) is 5.52. The lowest BCUT2D eigenvalue weighted by Gasteiger charge is -2.17. The van der Waals surface area contributed by atoms with Gasteiger partial charge < -0.3 is 10.2 Å². The highest BCUT2D eigenvalue weighted by Crippen LogP contribution is 2.23. The van der Waals surface area contributed by atoms with Gasteiger partial charge in [0.05, 0.1) is 6.54 Å². The minimum Gasteiger partial charge on any atom is -0.336 e. The lowest BCUT2D eigenvalue weighted by Crippen LogP contribution is -2.34. The number of rotatable bonds is 8. The average Bonchev–Trinajstić information content (AvgIpc) is 2.72. The van der Waals surface area contributed by atoms with Crippen molar-refractivity contribution in [3.05, 3.63) is 72.8 Å². The molecule has 144 valence electrons. The highest BCUT2D eigenvalue weighted by atomic mass is 32.2. The summed E-state index contributed by atoms with van der Waals surface area (Å²) in [5, 5.41) is 4.98. The molecule has 0 aliphatic carbocycles. The van der Waals surface area contributed by atoms with Gasteiger partial charge in [-0.15, -0.1) is 11.8 Å². The molecule has 0 saturated carbocycles. The summed E-state index contributed by atoms with van der Waals surface area (Å²) >= 11 is 1.74. The van der Waals surface area contributed by atoms with Gasteiger partial charge in [0.2, 0.25) is 11.8 Å². The van der Waals surface area contributed by atoms with Crippen LogP contribution in [0.3, 0.4) is 0 Å². The zero-order chi connectivity index (χ0) is 19.8. The summed E-state index contributed by atoms with van der Waals surface area (Å²) in [6.07, 6.45) is 1.23. The predicted octanol–water partition coefficient (Wildman–Crippen LogP) is 4.81. The Morgan fingerprint density at radius 1 is 0.929 bits per heavy atom. The number of benzene rings is 3. The average molecular weight is 393 g/mol. The van der Waals surface area contributed by atoms with Crippen LogP contribution >= 0.6 is 11.8 Å². The Kier molecular flexibility index (Phi) is 7.09. The fourth-order valence-electron chi connectivity index (χ4n) is 2.95. The molecule has 0 aliphatic heterocycles. The largest absolute Gasteiger partial charge is 0.336 e. The van der Waals surface area contributed by atoms with E-state index in [4.69, 9.17) is 0 Å². The van der Waals surface area contributed by atoms with Crippen LogP contribution in [0.15, 0.2) is 77.7 Å². The quantitative estimate of drug-likeness (QED) is 0.442. The van der Waals surface area contributed by atoms with Crippen LogP contribution < -0.4 is 5.32 Å². The number of hydrogen-bond acceptors (Lipinski definition) is 3. The van der Waals surface area contributed by atoms with Crippen LogP contribution in [-0.2, 0) is 9.59 Å². The van der Waals surface area contributed by atoms with Crippen molar-refractivity contribution >= 4 is 40.0 Å². The van der Waals surface area contributed by atoms with E-state index in [-0.39, 0.29) is 18.4 Å². The van der Waals surface area contributed by atoms with Crippen molar-refractivity contribution < 1.29 is 9.59 Å². The topological polar surface area (TPSA) is 49.4 Å². The minimum atomic E-state index is -0.189. The Morgan fingerprint density at radius 3 is 2.46 bits per heavy atom. The van der Waals surface area contributed by atoms with E-state index in [2.05, 4.69) is 17.4 Å². The highest BCUT2D eigenvalue weighted by molar-refractivity contribution is 7.99. The summed E-state index contributed by atoms with van der Waals surface area (Å²) in [4.78, 5) is 27.4. The molecule has 3 aromatic rings. The van der Waals surface area contributed by atoms with Gasteiger partial charge in [0, 0.05) is 29.4 Å². The predicted molar refractivity (Wildman–Crippen MR) is 117 cm³/mol. The minimum absolute atomic E-state index is 0.0123. The van der Waals surface area contributed by atoms with E-state index >= 15 is 0 Å². The number of nitrogens with zero attached hydrogens (tertiary/aromatic N) is 1. The molecule has 0 heterocycles. The maximum absolute atomic E-state index is 12.4. The lowest BCUT2D eigenvalue weighted by molar-refractivity contribution is -0.133. The summed E-state index contributed by atoms with van der Waals surface area (Å²) in [6, 6.07) is 23.8. The molecule has 0 radical (unpaired) electrons. The summed E-state index contributed by atoms with van der Waals surface area (Å²) in [7, 11) is 1.68. The van der Waals surface area contributed by atoms with E-state index in [1.54, 1.807) is 18.8 Å². The third kappa shape index (κ3) is 5.60. The van der Waals surface area contributed by atoms with Crippen LogP contribution in [0.1, 0.15) is 12.8 Å². The molecule has 0 bridgehead atoms. The second-order valence-electron chi connectivity index (χ2n) is 6.59. The fourth-order valence-corrected chi connectivity index (χ4v) is 3.82. The van der Waals surface area contributed by atoms with Crippen LogP contribution in [0.2, 0.25) is 0 Å². The van der Waals surface area contributed by atoms with Crippen molar-refractivity contribution in [1.29, 1.82) is 0 Å². The number of carbonyl (C=O) groups excluding carboxylic acids is 2. The number of likely N-dealkylation sites (N-methyl/N-ethyl adjacent to an activating group) is 1. The Morgan fingerprint density at radius 2 is 1.64 bits per heavy atom. The van der Waals surface area contributed by atoms with Gasteiger partial charge in [-0.05, 0) is 35.8 Å². The van der Waals surface area contributed by atoms with Gasteiger partial charge in [-0.25, -0.2) is 0 Å². The Bertz CT molecular complexity index is 938. The molecular weight excluding hydrogens is 368 g/mol. The van der Waals surface area contributed by atoms with Crippen LogP contribution in [0.5, 0.6) is 0 Å². The fraction of sp³-hybridized carbons (Fsp3) is 0.217. The molecule has 4 nitrogen and oxygen atoms in total. The first kappa shape index (κ1) is 20.0. The Labute approximate surface area is 169 Å². The zero-order valence-electron chi connectivity index (χ0n) is 15.9. The first-order valence-corrected chi connectivity index (χ1v) is 10.3. The molecule has 0 aromatic heterocycles. The second-order valence-corrected chi connectivity index (χ2v) is 7.76. The van der Waals surface area contributed by atoms with E-state index in [1.165, 1.54) is 9.80 Å². The van der Waals surface area contributed by atoms with Gasteiger partial charge in [-0.3, -0.25) is 9.59 Å². The number of anilines is 1. The summed E-state index contributed by atoms with van der Waals surface area (Å²) in [6.45, 7) is 0.0495. The third-order valence-electron chi connectivity index (χ3n) is 4.42. The van der Waals surface area contributed by atoms with Gasteiger partial charge >= 0.3 is 0 Å². The van der Waals surface area contributed by atoms with E-state index in [0.717, 1.165) is 28.6 Å². The lowest BCUT2D eigenvalue weighted by atomic mass is 10.1. The van der Waals surface area contributed by atoms with Crippen LogP contribution in [-0.4, -0.2) is 36.1 Å². The van der Waals surface area contributed by atoms with Gasteiger partial charge in [0.15, 0.2) is 0 Å². The van der Waals surface area contributed by atoms with Crippen molar-refractivity contribution in [3.63, 3.8) is 0 Å². The normalized spacial score (nSPS) is 10.6. The van der Waals surface area contributed by atoms with E-state index < -0.39 is 0 Å². The monoisotopic (exact) mass is 392 g/mol. The van der Waals surface area contributed by atoms with Crippen molar-refractivity contribution in [1.82, 2.24) is 4.90 Å². The summed E-state index contributed by atoms with van der Waals surface area (Å²) in [5.41, 5.74) is 0.767. The number of hydrogen-bond donors (Lipinski definition) is 1. The molecule has 0 saturated heterocycles. The van der Waals surface area contributed by atoms with Crippen molar-refractivity contribution in [2.75, 3.05) is 24.7 Å². The first-order valence-electron chi connectivity index (χ1n) is 9.33. The number of amides is 2. The smallest absolute Gasteiger partial charge is 0.243 e. The number of thioether (sulfide) groups is 1. The number of nitrogens with one attached hydrogen (secondary N) is 1. The molecule has 3 rings (SSSR count). The molecule has 28 heavy (non-hydrogen) atoms. The van der Waals surface area contributed by atoms with Crippen LogP contribution in [0, 0.1) is 0 Å². The molecule has 0 fully saturated rings. The molecule has 0 aliphatic rings. The maximum Gasteiger partial charge on any atom is 0.243 e. The first-order chi connectivity index (χ1) is 13.6. The van der Waals surface area contributed by atoms with Crippen molar-refractivity contribution in [2.24, 2.45) is 0 Å².